The third-order valence-electron chi connectivity index (χ3n) is 2.38. The molecule has 0 N–H and O–H groups in total. The van der Waals surface area contributed by atoms with Crippen LogP contribution in [-0.2, 0) is 11.8 Å². The van der Waals surface area contributed by atoms with Gasteiger partial charge in [-0.25, -0.2) is 4.79 Å². The number of nitrogens with zero attached hydrogens (tertiary/aromatic N) is 2. The van der Waals surface area contributed by atoms with E-state index in [4.69, 9.17) is 4.74 Å². The minimum Gasteiger partial charge on any atom is -0.462 e. The molecule has 0 spiro atoms. The first kappa shape index (κ1) is 11.4. The Hall–Kier alpha value is -2.10. The Kier molecular flexibility index (Phi) is 3.23. The van der Waals surface area contributed by atoms with Gasteiger partial charge in [0.2, 0.25) is 0 Å². The zero-order valence-electron chi connectivity index (χ0n) is 9.88. The van der Waals surface area contributed by atoms with Crippen molar-refractivity contribution in [3.63, 3.8) is 0 Å². The van der Waals surface area contributed by atoms with Gasteiger partial charge >= 0.3 is 5.97 Å². The van der Waals surface area contributed by atoms with Crippen molar-refractivity contribution in [2.24, 2.45) is 7.05 Å². The Morgan fingerprint density at radius 3 is 2.88 bits per heavy atom. The molecule has 0 aliphatic carbocycles. The van der Waals surface area contributed by atoms with Crippen molar-refractivity contribution in [2.45, 2.75) is 6.92 Å². The maximum absolute atomic E-state index is 11.6. The monoisotopic (exact) mass is 230 g/mol. The van der Waals surface area contributed by atoms with E-state index in [0.717, 1.165) is 11.3 Å². The van der Waals surface area contributed by atoms with Crippen LogP contribution in [0.4, 0.5) is 0 Å². The summed E-state index contributed by atoms with van der Waals surface area (Å²) in [5.74, 6) is -0.301. The van der Waals surface area contributed by atoms with Gasteiger partial charge in [-0.05, 0) is 25.1 Å². The molecule has 0 atom stereocenters. The molecule has 0 radical (unpaired) electrons. The van der Waals surface area contributed by atoms with Crippen molar-refractivity contribution in [3.05, 3.63) is 42.1 Å². The summed E-state index contributed by atoms with van der Waals surface area (Å²) in [6, 6.07) is 9.19. The van der Waals surface area contributed by atoms with Crippen LogP contribution in [0.5, 0.6) is 0 Å². The van der Waals surface area contributed by atoms with E-state index in [0.29, 0.717) is 12.2 Å². The SMILES string of the molecule is CCOC(=O)c1cccc(-c2ccn(C)n2)c1. The zero-order chi connectivity index (χ0) is 12.3. The zero-order valence-corrected chi connectivity index (χ0v) is 9.88. The van der Waals surface area contributed by atoms with Gasteiger partial charge in [-0.15, -0.1) is 0 Å². The topological polar surface area (TPSA) is 44.1 Å². The van der Waals surface area contributed by atoms with Crippen LogP contribution in [0.3, 0.4) is 0 Å². The molecule has 0 amide bonds. The van der Waals surface area contributed by atoms with Crippen molar-refractivity contribution in [1.29, 1.82) is 0 Å². The molecule has 2 rings (SSSR count). The summed E-state index contributed by atoms with van der Waals surface area (Å²) in [4.78, 5) is 11.6. The van der Waals surface area contributed by atoms with E-state index >= 15 is 0 Å². The van der Waals surface area contributed by atoms with E-state index in [-0.39, 0.29) is 5.97 Å². The Bertz CT molecular complexity index is 532. The van der Waals surface area contributed by atoms with E-state index in [1.165, 1.54) is 0 Å². The fourth-order valence-corrected chi connectivity index (χ4v) is 1.59. The van der Waals surface area contributed by atoms with Crippen molar-refractivity contribution in [3.8, 4) is 11.3 Å². The van der Waals surface area contributed by atoms with Gasteiger partial charge in [-0.3, -0.25) is 4.68 Å². The van der Waals surface area contributed by atoms with E-state index in [9.17, 15) is 4.79 Å². The van der Waals surface area contributed by atoms with Gasteiger partial charge < -0.3 is 4.74 Å². The van der Waals surface area contributed by atoms with Gasteiger partial charge in [0.15, 0.2) is 0 Å². The summed E-state index contributed by atoms with van der Waals surface area (Å²) >= 11 is 0. The molecule has 1 aromatic carbocycles. The van der Waals surface area contributed by atoms with Crippen LogP contribution >= 0.6 is 0 Å². The van der Waals surface area contributed by atoms with Gasteiger partial charge in [-0.1, -0.05) is 12.1 Å². The van der Waals surface area contributed by atoms with Crippen LogP contribution < -0.4 is 0 Å². The van der Waals surface area contributed by atoms with Gasteiger partial charge in [-0.2, -0.15) is 5.10 Å². The lowest BCUT2D eigenvalue weighted by molar-refractivity contribution is 0.0526. The number of esters is 1. The number of hydrogen-bond donors (Lipinski definition) is 0. The molecule has 4 nitrogen and oxygen atoms in total. The van der Waals surface area contributed by atoms with Gasteiger partial charge in [0.05, 0.1) is 17.9 Å². The molecule has 17 heavy (non-hydrogen) atoms. The Labute approximate surface area is 99.8 Å². The smallest absolute Gasteiger partial charge is 0.338 e. The predicted octanol–water partition coefficient (Wildman–Crippen LogP) is 2.26. The second kappa shape index (κ2) is 4.82. The molecule has 0 saturated carbocycles. The summed E-state index contributed by atoms with van der Waals surface area (Å²) in [5, 5.41) is 4.29. The molecular weight excluding hydrogens is 216 g/mol. The highest BCUT2D eigenvalue weighted by molar-refractivity contribution is 5.90. The fourth-order valence-electron chi connectivity index (χ4n) is 1.59. The fraction of sp³-hybridized carbons (Fsp3) is 0.231. The number of carbonyl (C=O) groups excluding carboxylic acids is 1. The first-order valence-electron chi connectivity index (χ1n) is 5.48. The van der Waals surface area contributed by atoms with Crippen molar-refractivity contribution >= 4 is 5.97 Å². The Morgan fingerprint density at radius 2 is 2.24 bits per heavy atom. The largest absolute Gasteiger partial charge is 0.462 e. The molecule has 0 fully saturated rings. The average Bonchev–Trinajstić information content (AvgIpc) is 2.76. The minimum atomic E-state index is -0.301. The normalized spacial score (nSPS) is 10.2. The van der Waals surface area contributed by atoms with Crippen LogP contribution in [0, 0.1) is 0 Å². The minimum absolute atomic E-state index is 0.301. The summed E-state index contributed by atoms with van der Waals surface area (Å²) in [6.07, 6.45) is 1.87. The lowest BCUT2D eigenvalue weighted by Gasteiger charge is -2.03. The number of rotatable bonds is 3. The molecular formula is C13H14N2O2. The van der Waals surface area contributed by atoms with E-state index in [1.807, 2.05) is 31.4 Å². The van der Waals surface area contributed by atoms with Gasteiger partial charge in [0, 0.05) is 18.8 Å². The number of aromatic nitrogens is 2. The average molecular weight is 230 g/mol. The molecule has 0 saturated heterocycles. The van der Waals surface area contributed by atoms with Crippen LogP contribution in [0.15, 0.2) is 36.5 Å². The van der Waals surface area contributed by atoms with E-state index in [1.54, 1.807) is 23.7 Å². The second-order valence-electron chi connectivity index (χ2n) is 3.68. The molecule has 0 aliphatic heterocycles. The Balaban J connectivity index is 2.31. The highest BCUT2D eigenvalue weighted by Crippen LogP contribution is 2.18. The lowest BCUT2D eigenvalue weighted by Crippen LogP contribution is -2.04. The van der Waals surface area contributed by atoms with Gasteiger partial charge in [0.25, 0.3) is 0 Å². The standard InChI is InChI=1S/C13H14N2O2/c1-3-17-13(16)11-6-4-5-10(9-11)12-7-8-15(2)14-12/h4-9H,3H2,1-2H3. The lowest BCUT2D eigenvalue weighted by atomic mass is 10.1. The van der Waals surface area contributed by atoms with Crippen molar-refractivity contribution in [2.75, 3.05) is 6.61 Å². The molecule has 0 unspecified atom stereocenters. The molecule has 0 aliphatic rings. The van der Waals surface area contributed by atoms with Crippen LogP contribution in [0.1, 0.15) is 17.3 Å². The quantitative estimate of drug-likeness (QED) is 0.760. The molecule has 2 aromatic rings. The summed E-state index contributed by atoms with van der Waals surface area (Å²) < 4.78 is 6.69. The molecule has 1 heterocycles. The Morgan fingerprint density at radius 1 is 1.41 bits per heavy atom. The second-order valence-corrected chi connectivity index (χ2v) is 3.68. The molecule has 4 heteroatoms. The maximum Gasteiger partial charge on any atom is 0.338 e. The predicted molar refractivity (Wildman–Crippen MR) is 64.6 cm³/mol. The number of carbonyl (C=O) groups is 1. The van der Waals surface area contributed by atoms with Crippen LogP contribution in [0.2, 0.25) is 0 Å². The van der Waals surface area contributed by atoms with Gasteiger partial charge in [0.1, 0.15) is 0 Å². The number of ether oxygens (including phenoxy) is 1. The molecule has 0 bridgehead atoms. The van der Waals surface area contributed by atoms with Crippen molar-refractivity contribution in [1.82, 2.24) is 9.78 Å². The third kappa shape index (κ3) is 2.53. The third-order valence-corrected chi connectivity index (χ3v) is 2.38. The first-order chi connectivity index (χ1) is 8.20. The highest BCUT2D eigenvalue weighted by atomic mass is 16.5. The summed E-state index contributed by atoms with van der Waals surface area (Å²) in [5.41, 5.74) is 2.31. The van der Waals surface area contributed by atoms with E-state index < -0.39 is 0 Å². The summed E-state index contributed by atoms with van der Waals surface area (Å²) in [6.45, 7) is 2.17. The van der Waals surface area contributed by atoms with E-state index in [2.05, 4.69) is 5.10 Å². The van der Waals surface area contributed by atoms with Crippen LogP contribution in [0.25, 0.3) is 11.3 Å². The van der Waals surface area contributed by atoms with Crippen molar-refractivity contribution < 1.29 is 9.53 Å². The summed E-state index contributed by atoms with van der Waals surface area (Å²) in [7, 11) is 1.86. The number of benzene rings is 1. The molecule has 1 aromatic heterocycles. The first-order valence-corrected chi connectivity index (χ1v) is 5.48. The van der Waals surface area contributed by atoms with Crippen LogP contribution in [-0.4, -0.2) is 22.4 Å². The maximum atomic E-state index is 11.6. The highest BCUT2D eigenvalue weighted by Gasteiger charge is 2.08. The number of aryl methyl sites for hydroxylation is 1. The number of hydrogen-bond acceptors (Lipinski definition) is 3. The molecule has 88 valence electrons.